The lowest BCUT2D eigenvalue weighted by molar-refractivity contribution is -0.118. The molecule has 108 valence electrons. The standard InChI is InChI=1S/C15H12BrFN2O2/c16-10-3-1-8(5-11(10)17)15(18)9-2-4-13-12(6-9)19-14(20)7-21-13/h1-6,15H,7,18H2,(H,19,20). The van der Waals surface area contributed by atoms with Crippen LogP contribution in [0.1, 0.15) is 17.2 Å². The molecule has 0 spiro atoms. The van der Waals surface area contributed by atoms with E-state index in [2.05, 4.69) is 21.2 Å². The van der Waals surface area contributed by atoms with Gasteiger partial charge in [-0.2, -0.15) is 0 Å². The van der Waals surface area contributed by atoms with Crippen LogP contribution in [0.2, 0.25) is 0 Å². The second-order valence-electron chi connectivity index (χ2n) is 4.74. The van der Waals surface area contributed by atoms with Crippen molar-refractivity contribution in [3.8, 4) is 5.75 Å². The number of fused-ring (bicyclic) bond motifs is 1. The Morgan fingerprint density at radius 1 is 1.24 bits per heavy atom. The van der Waals surface area contributed by atoms with Gasteiger partial charge in [-0.25, -0.2) is 4.39 Å². The molecule has 2 aromatic carbocycles. The van der Waals surface area contributed by atoms with Crippen molar-refractivity contribution in [2.45, 2.75) is 6.04 Å². The zero-order chi connectivity index (χ0) is 15.0. The van der Waals surface area contributed by atoms with Crippen LogP contribution in [0.3, 0.4) is 0 Å². The first-order valence-corrected chi connectivity index (χ1v) is 7.11. The highest BCUT2D eigenvalue weighted by molar-refractivity contribution is 9.10. The highest BCUT2D eigenvalue weighted by Crippen LogP contribution is 2.32. The highest BCUT2D eigenvalue weighted by atomic mass is 79.9. The molecule has 1 aliphatic rings. The van der Waals surface area contributed by atoms with Crippen LogP contribution in [-0.4, -0.2) is 12.5 Å². The van der Waals surface area contributed by atoms with Gasteiger partial charge in [-0.3, -0.25) is 4.79 Å². The summed E-state index contributed by atoms with van der Waals surface area (Å²) in [6, 6.07) is 9.58. The third-order valence-electron chi connectivity index (χ3n) is 3.30. The largest absolute Gasteiger partial charge is 0.482 e. The van der Waals surface area contributed by atoms with Gasteiger partial charge in [0.15, 0.2) is 6.61 Å². The number of halogens is 2. The van der Waals surface area contributed by atoms with E-state index >= 15 is 0 Å². The fourth-order valence-electron chi connectivity index (χ4n) is 2.19. The van der Waals surface area contributed by atoms with E-state index in [1.807, 2.05) is 0 Å². The Labute approximate surface area is 129 Å². The molecule has 3 N–H and O–H groups in total. The van der Waals surface area contributed by atoms with E-state index in [0.29, 0.717) is 21.5 Å². The number of nitrogens with one attached hydrogen (secondary N) is 1. The predicted molar refractivity (Wildman–Crippen MR) is 80.7 cm³/mol. The summed E-state index contributed by atoms with van der Waals surface area (Å²) < 4.78 is 19.3. The second kappa shape index (κ2) is 5.46. The number of benzene rings is 2. The van der Waals surface area contributed by atoms with E-state index in [4.69, 9.17) is 10.5 Å². The summed E-state index contributed by atoms with van der Waals surface area (Å²) in [5.41, 5.74) is 8.16. The Morgan fingerprint density at radius 3 is 2.71 bits per heavy atom. The van der Waals surface area contributed by atoms with Crippen molar-refractivity contribution in [2.75, 3.05) is 11.9 Å². The third-order valence-corrected chi connectivity index (χ3v) is 3.94. The van der Waals surface area contributed by atoms with Crippen molar-refractivity contribution in [2.24, 2.45) is 5.73 Å². The summed E-state index contributed by atoms with van der Waals surface area (Å²) >= 11 is 3.11. The van der Waals surface area contributed by atoms with Gasteiger partial charge in [0, 0.05) is 0 Å². The van der Waals surface area contributed by atoms with Crippen LogP contribution in [0.25, 0.3) is 0 Å². The molecule has 1 aliphatic heterocycles. The zero-order valence-corrected chi connectivity index (χ0v) is 12.5. The molecule has 1 atom stereocenters. The number of hydrogen-bond acceptors (Lipinski definition) is 3. The van der Waals surface area contributed by atoms with Crippen molar-refractivity contribution in [1.29, 1.82) is 0 Å². The summed E-state index contributed by atoms with van der Waals surface area (Å²) in [4.78, 5) is 11.3. The summed E-state index contributed by atoms with van der Waals surface area (Å²) in [6.45, 7) is 0.0102. The number of amides is 1. The minimum atomic E-state index is -0.489. The summed E-state index contributed by atoms with van der Waals surface area (Å²) in [7, 11) is 0. The number of hydrogen-bond donors (Lipinski definition) is 2. The van der Waals surface area contributed by atoms with Crippen molar-refractivity contribution in [1.82, 2.24) is 0 Å². The van der Waals surface area contributed by atoms with Crippen molar-refractivity contribution in [3.63, 3.8) is 0 Å². The SMILES string of the molecule is NC(c1ccc(Br)c(F)c1)c1ccc2c(c1)NC(=O)CO2. The van der Waals surface area contributed by atoms with E-state index < -0.39 is 6.04 Å². The lowest BCUT2D eigenvalue weighted by Crippen LogP contribution is -2.25. The first-order chi connectivity index (χ1) is 10.0. The number of carbonyl (C=O) groups excluding carboxylic acids is 1. The van der Waals surface area contributed by atoms with Crippen LogP contribution < -0.4 is 15.8 Å². The molecule has 1 unspecified atom stereocenters. The summed E-state index contributed by atoms with van der Waals surface area (Å²) in [5, 5.41) is 2.73. The van der Waals surface area contributed by atoms with Crippen LogP contribution in [0.4, 0.5) is 10.1 Å². The van der Waals surface area contributed by atoms with Crippen molar-refractivity contribution < 1.29 is 13.9 Å². The molecule has 0 saturated carbocycles. The van der Waals surface area contributed by atoms with Gasteiger partial charge in [0.25, 0.3) is 5.91 Å². The summed E-state index contributed by atoms with van der Waals surface area (Å²) in [5.74, 6) is 0.0352. The van der Waals surface area contributed by atoms with Crippen LogP contribution in [0.15, 0.2) is 40.9 Å². The molecular formula is C15H12BrFN2O2. The molecule has 0 aromatic heterocycles. The second-order valence-corrected chi connectivity index (χ2v) is 5.60. The smallest absolute Gasteiger partial charge is 0.262 e. The Balaban J connectivity index is 1.94. The quantitative estimate of drug-likeness (QED) is 0.874. The minimum Gasteiger partial charge on any atom is -0.482 e. The molecule has 0 fully saturated rings. The Hall–Kier alpha value is -1.92. The molecule has 3 rings (SSSR count). The van der Waals surface area contributed by atoms with Crippen LogP contribution >= 0.6 is 15.9 Å². The molecule has 0 aliphatic carbocycles. The average Bonchev–Trinajstić information content (AvgIpc) is 2.48. The van der Waals surface area contributed by atoms with E-state index in [0.717, 1.165) is 5.56 Å². The molecule has 21 heavy (non-hydrogen) atoms. The maximum absolute atomic E-state index is 13.6. The zero-order valence-electron chi connectivity index (χ0n) is 10.9. The first kappa shape index (κ1) is 14.0. The number of anilines is 1. The molecule has 0 radical (unpaired) electrons. The average molecular weight is 351 g/mol. The first-order valence-electron chi connectivity index (χ1n) is 6.32. The van der Waals surface area contributed by atoms with E-state index in [1.165, 1.54) is 6.07 Å². The predicted octanol–water partition coefficient (Wildman–Crippen LogP) is 2.97. The van der Waals surface area contributed by atoms with E-state index in [1.54, 1.807) is 30.3 Å². The van der Waals surface area contributed by atoms with Crippen LogP contribution in [0.5, 0.6) is 5.75 Å². The molecule has 4 nitrogen and oxygen atoms in total. The maximum Gasteiger partial charge on any atom is 0.262 e. The lowest BCUT2D eigenvalue weighted by atomic mass is 9.98. The highest BCUT2D eigenvalue weighted by Gasteiger charge is 2.18. The molecule has 0 saturated heterocycles. The van der Waals surface area contributed by atoms with Crippen LogP contribution in [0, 0.1) is 5.82 Å². The fourth-order valence-corrected chi connectivity index (χ4v) is 2.44. The van der Waals surface area contributed by atoms with Gasteiger partial charge in [0.1, 0.15) is 11.6 Å². The van der Waals surface area contributed by atoms with Gasteiger partial charge in [-0.15, -0.1) is 0 Å². The molecular weight excluding hydrogens is 339 g/mol. The molecule has 1 heterocycles. The monoisotopic (exact) mass is 350 g/mol. The van der Waals surface area contributed by atoms with Gasteiger partial charge in [-0.05, 0) is 51.3 Å². The van der Waals surface area contributed by atoms with Gasteiger partial charge in [0.05, 0.1) is 16.2 Å². The maximum atomic E-state index is 13.6. The van der Waals surface area contributed by atoms with Gasteiger partial charge in [-0.1, -0.05) is 12.1 Å². The van der Waals surface area contributed by atoms with Gasteiger partial charge < -0.3 is 15.8 Å². The molecule has 2 aromatic rings. The van der Waals surface area contributed by atoms with Gasteiger partial charge >= 0.3 is 0 Å². The third kappa shape index (κ3) is 2.77. The number of ether oxygens (including phenoxy) is 1. The molecule has 0 bridgehead atoms. The van der Waals surface area contributed by atoms with E-state index in [-0.39, 0.29) is 18.3 Å². The van der Waals surface area contributed by atoms with Crippen molar-refractivity contribution >= 4 is 27.5 Å². The molecule has 6 heteroatoms. The normalized spacial score (nSPS) is 14.9. The minimum absolute atomic E-state index is 0.0102. The Bertz CT molecular complexity index is 721. The number of rotatable bonds is 2. The fraction of sp³-hybridized carbons (Fsp3) is 0.133. The molecule has 1 amide bonds. The van der Waals surface area contributed by atoms with E-state index in [9.17, 15) is 9.18 Å². The Kier molecular flexibility index (Phi) is 3.65. The lowest BCUT2D eigenvalue weighted by Gasteiger charge is -2.20. The topological polar surface area (TPSA) is 64.3 Å². The number of carbonyl (C=O) groups is 1. The Morgan fingerprint density at radius 2 is 1.95 bits per heavy atom. The number of nitrogens with two attached hydrogens (primary N) is 1. The summed E-state index contributed by atoms with van der Waals surface area (Å²) in [6.07, 6.45) is 0. The van der Waals surface area contributed by atoms with Gasteiger partial charge in [0.2, 0.25) is 0 Å². The van der Waals surface area contributed by atoms with Crippen LogP contribution in [-0.2, 0) is 4.79 Å². The van der Waals surface area contributed by atoms with Crippen molar-refractivity contribution in [3.05, 3.63) is 57.8 Å².